The minimum atomic E-state index is 0.471. The summed E-state index contributed by atoms with van der Waals surface area (Å²) in [5.41, 5.74) is 15.0. The minimum Gasteiger partial charge on any atom is -0.397 e. The zero-order chi connectivity index (χ0) is 12.5. The first-order chi connectivity index (χ1) is 8.74. The van der Waals surface area contributed by atoms with Gasteiger partial charge in [-0.3, -0.25) is 4.98 Å². The molecule has 2 heterocycles. The van der Waals surface area contributed by atoms with Crippen LogP contribution in [-0.4, -0.2) is 15.0 Å². The largest absolute Gasteiger partial charge is 0.397 e. The van der Waals surface area contributed by atoms with Crippen LogP contribution < -0.4 is 11.5 Å². The first-order valence-electron chi connectivity index (χ1n) is 5.45. The van der Waals surface area contributed by atoms with Gasteiger partial charge in [0, 0.05) is 23.3 Å². The van der Waals surface area contributed by atoms with Crippen LogP contribution in [0.2, 0.25) is 0 Å². The maximum Gasteiger partial charge on any atom is 0.134 e. The molecule has 0 saturated carbocycles. The van der Waals surface area contributed by atoms with E-state index in [4.69, 9.17) is 11.5 Å². The molecule has 3 rings (SSSR count). The van der Waals surface area contributed by atoms with Crippen LogP contribution in [0.25, 0.3) is 22.0 Å². The number of nitrogens with two attached hydrogens (primary N) is 2. The fraction of sp³-hybridized carbons (Fsp3) is 0. The van der Waals surface area contributed by atoms with E-state index < -0.39 is 0 Å². The topological polar surface area (TPSA) is 90.7 Å². The number of benzene rings is 1. The summed E-state index contributed by atoms with van der Waals surface area (Å²) in [6, 6.07) is 7.69. The van der Waals surface area contributed by atoms with Crippen molar-refractivity contribution in [3.8, 4) is 11.1 Å². The smallest absolute Gasteiger partial charge is 0.134 e. The molecule has 0 aliphatic rings. The van der Waals surface area contributed by atoms with Gasteiger partial charge in [0.2, 0.25) is 0 Å². The fourth-order valence-electron chi connectivity index (χ4n) is 1.87. The van der Waals surface area contributed by atoms with E-state index in [0.717, 1.165) is 22.0 Å². The van der Waals surface area contributed by atoms with Crippen molar-refractivity contribution in [1.82, 2.24) is 15.0 Å². The third kappa shape index (κ3) is 1.71. The van der Waals surface area contributed by atoms with Crippen LogP contribution in [0.1, 0.15) is 0 Å². The third-order valence-electron chi connectivity index (χ3n) is 2.76. The molecule has 5 heteroatoms. The Labute approximate surface area is 104 Å². The van der Waals surface area contributed by atoms with E-state index in [1.54, 1.807) is 12.4 Å². The Kier molecular flexibility index (Phi) is 2.30. The average Bonchev–Trinajstić information content (AvgIpc) is 2.39. The van der Waals surface area contributed by atoms with E-state index >= 15 is 0 Å². The number of aromatic nitrogens is 3. The summed E-state index contributed by atoms with van der Waals surface area (Å²) in [5.74, 6) is 0.471. The van der Waals surface area contributed by atoms with Gasteiger partial charge in [-0.25, -0.2) is 9.97 Å². The Hall–Kier alpha value is -2.69. The molecule has 0 amide bonds. The number of fused-ring (bicyclic) bond motifs is 1. The van der Waals surface area contributed by atoms with Gasteiger partial charge in [0.15, 0.2) is 0 Å². The Morgan fingerprint density at radius 2 is 1.78 bits per heavy atom. The molecule has 0 fully saturated rings. The van der Waals surface area contributed by atoms with Crippen molar-refractivity contribution in [2.75, 3.05) is 11.5 Å². The monoisotopic (exact) mass is 237 g/mol. The van der Waals surface area contributed by atoms with E-state index in [2.05, 4.69) is 15.0 Å². The van der Waals surface area contributed by atoms with E-state index in [9.17, 15) is 0 Å². The van der Waals surface area contributed by atoms with E-state index in [1.807, 2.05) is 24.3 Å². The molecule has 0 aliphatic carbocycles. The van der Waals surface area contributed by atoms with Gasteiger partial charge >= 0.3 is 0 Å². The first kappa shape index (κ1) is 10.5. The van der Waals surface area contributed by atoms with Crippen LogP contribution in [0, 0.1) is 0 Å². The van der Waals surface area contributed by atoms with Crippen molar-refractivity contribution >= 4 is 22.4 Å². The highest BCUT2D eigenvalue weighted by molar-refractivity contribution is 5.91. The van der Waals surface area contributed by atoms with Gasteiger partial charge in [-0.2, -0.15) is 0 Å². The predicted octanol–water partition coefficient (Wildman–Crippen LogP) is 1.86. The predicted molar refractivity (Wildman–Crippen MR) is 71.6 cm³/mol. The summed E-state index contributed by atoms with van der Waals surface area (Å²) >= 11 is 0. The SMILES string of the molecule is Nc1cncc(-c2ccc3ncnc(N)c3c2)c1. The molecular formula is C13H11N5. The lowest BCUT2D eigenvalue weighted by molar-refractivity contribution is 1.23. The number of anilines is 2. The molecule has 3 aromatic rings. The van der Waals surface area contributed by atoms with Crippen molar-refractivity contribution < 1.29 is 0 Å². The van der Waals surface area contributed by atoms with Gasteiger partial charge in [-0.15, -0.1) is 0 Å². The summed E-state index contributed by atoms with van der Waals surface area (Å²) in [6.45, 7) is 0. The zero-order valence-corrected chi connectivity index (χ0v) is 9.54. The molecule has 0 aliphatic heterocycles. The van der Waals surface area contributed by atoms with Crippen molar-refractivity contribution in [1.29, 1.82) is 0 Å². The van der Waals surface area contributed by atoms with Crippen LogP contribution in [0.3, 0.4) is 0 Å². The van der Waals surface area contributed by atoms with Crippen molar-refractivity contribution in [2.24, 2.45) is 0 Å². The molecular weight excluding hydrogens is 226 g/mol. The molecule has 0 atom stereocenters. The lowest BCUT2D eigenvalue weighted by Crippen LogP contribution is -1.93. The Morgan fingerprint density at radius 3 is 2.61 bits per heavy atom. The highest BCUT2D eigenvalue weighted by Crippen LogP contribution is 2.25. The van der Waals surface area contributed by atoms with Gasteiger partial charge in [-0.1, -0.05) is 6.07 Å². The fourth-order valence-corrected chi connectivity index (χ4v) is 1.87. The molecule has 0 saturated heterocycles. The number of hydrogen-bond acceptors (Lipinski definition) is 5. The van der Waals surface area contributed by atoms with Gasteiger partial charge in [0.1, 0.15) is 12.1 Å². The number of pyridine rings is 1. The maximum absolute atomic E-state index is 5.84. The van der Waals surface area contributed by atoms with Crippen LogP contribution in [-0.2, 0) is 0 Å². The van der Waals surface area contributed by atoms with Crippen LogP contribution >= 0.6 is 0 Å². The van der Waals surface area contributed by atoms with Gasteiger partial charge in [0.25, 0.3) is 0 Å². The van der Waals surface area contributed by atoms with Crippen molar-refractivity contribution in [2.45, 2.75) is 0 Å². The number of hydrogen-bond donors (Lipinski definition) is 2. The summed E-state index contributed by atoms with van der Waals surface area (Å²) in [7, 11) is 0. The quantitative estimate of drug-likeness (QED) is 0.674. The summed E-state index contributed by atoms with van der Waals surface area (Å²) < 4.78 is 0. The molecule has 2 aromatic heterocycles. The van der Waals surface area contributed by atoms with Gasteiger partial charge in [-0.05, 0) is 23.8 Å². The molecule has 1 aromatic carbocycles. The second kappa shape index (κ2) is 3.96. The maximum atomic E-state index is 5.84. The highest BCUT2D eigenvalue weighted by Gasteiger charge is 2.04. The van der Waals surface area contributed by atoms with Crippen LogP contribution in [0.5, 0.6) is 0 Å². The molecule has 4 N–H and O–H groups in total. The number of rotatable bonds is 1. The number of nitrogen functional groups attached to an aromatic ring is 2. The van der Waals surface area contributed by atoms with E-state index in [0.29, 0.717) is 11.5 Å². The molecule has 0 unspecified atom stereocenters. The normalized spacial score (nSPS) is 10.7. The Morgan fingerprint density at radius 1 is 0.889 bits per heavy atom. The third-order valence-corrected chi connectivity index (χ3v) is 2.76. The van der Waals surface area contributed by atoms with Gasteiger partial charge < -0.3 is 11.5 Å². The lowest BCUT2D eigenvalue weighted by Gasteiger charge is -2.05. The molecule has 88 valence electrons. The molecule has 5 nitrogen and oxygen atoms in total. The summed E-state index contributed by atoms with van der Waals surface area (Å²) in [4.78, 5) is 12.2. The highest BCUT2D eigenvalue weighted by atomic mass is 14.9. The van der Waals surface area contributed by atoms with Crippen molar-refractivity contribution in [3.63, 3.8) is 0 Å². The summed E-state index contributed by atoms with van der Waals surface area (Å²) in [5, 5.41) is 0.831. The molecule has 18 heavy (non-hydrogen) atoms. The van der Waals surface area contributed by atoms with Crippen LogP contribution in [0.15, 0.2) is 43.0 Å². The van der Waals surface area contributed by atoms with E-state index in [-0.39, 0.29) is 0 Å². The van der Waals surface area contributed by atoms with Gasteiger partial charge in [0.05, 0.1) is 11.2 Å². The number of nitrogens with zero attached hydrogens (tertiary/aromatic N) is 3. The second-order valence-corrected chi connectivity index (χ2v) is 4.00. The van der Waals surface area contributed by atoms with E-state index in [1.165, 1.54) is 6.33 Å². The Balaban J connectivity index is 2.22. The molecule has 0 spiro atoms. The minimum absolute atomic E-state index is 0.471. The lowest BCUT2D eigenvalue weighted by atomic mass is 10.1. The first-order valence-corrected chi connectivity index (χ1v) is 5.45. The Bertz CT molecular complexity index is 723. The molecule has 0 bridgehead atoms. The summed E-state index contributed by atoms with van der Waals surface area (Å²) in [6.07, 6.45) is 4.83. The zero-order valence-electron chi connectivity index (χ0n) is 9.54. The standard InChI is InChI=1S/C13H11N5/c14-10-3-9(5-16-6-10)8-1-2-12-11(4-8)13(15)18-7-17-12/h1-7H,14H2,(H2,15,17,18). The second-order valence-electron chi connectivity index (χ2n) is 4.00. The average molecular weight is 237 g/mol. The van der Waals surface area contributed by atoms with Crippen LogP contribution in [0.4, 0.5) is 11.5 Å². The molecule has 0 radical (unpaired) electrons. The van der Waals surface area contributed by atoms with Crippen molar-refractivity contribution in [3.05, 3.63) is 43.0 Å².